The average Bonchev–Trinajstić information content (AvgIpc) is 2.87. The number of ether oxygens (including phenoxy) is 1. The Morgan fingerprint density at radius 2 is 1.89 bits per heavy atom. The molecule has 0 radical (unpaired) electrons. The van der Waals surface area contributed by atoms with Crippen molar-refractivity contribution in [3.63, 3.8) is 0 Å². The van der Waals surface area contributed by atoms with Crippen molar-refractivity contribution < 1.29 is 4.74 Å². The van der Waals surface area contributed by atoms with E-state index in [1.54, 1.807) is 0 Å². The molecule has 2 rings (SSSR count). The molecule has 1 aliphatic carbocycles. The Hall–Kier alpha value is -0.570. The minimum atomic E-state index is -0.0517. The van der Waals surface area contributed by atoms with Gasteiger partial charge in [0, 0.05) is 12.1 Å². The number of hydrogen-bond donors (Lipinski definition) is 1. The molecule has 1 atom stereocenters. The highest BCUT2D eigenvalue weighted by Crippen LogP contribution is 2.42. The van der Waals surface area contributed by atoms with E-state index in [1.165, 1.54) is 18.4 Å². The van der Waals surface area contributed by atoms with E-state index in [0.29, 0.717) is 0 Å². The average molecular weight is 268 g/mol. The Bertz CT molecular complexity index is 371. The van der Waals surface area contributed by atoms with Crippen LogP contribution in [-0.2, 0) is 4.74 Å². The van der Waals surface area contributed by atoms with Crippen LogP contribution in [0.4, 0.5) is 0 Å². The second-order valence-corrected chi connectivity index (χ2v) is 5.45. The molecule has 18 heavy (non-hydrogen) atoms. The predicted molar refractivity (Wildman–Crippen MR) is 76.1 cm³/mol. The minimum Gasteiger partial charge on any atom is -0.376 e. The molecule has 2 nitrogen and oxygen atoms in total. The standard InChI is InChI=1S/C15H22ClNO/c1-3-17-14(12-6-8-13(16)9-7-12)15(18-2)10-4-5-11-15/h6-9,14,17H,3-5,10-11H2,1-2H3. The molecular formula is C15H22ClNO. The Balaban J connectivity index is 2.29. The van der Waals surface area contributed by atoms with Crippen LogP contribution in [-0.4, -0.2) is 19.3 Å². The van der Waals surface area contributed by atoms with Gasteiger partial charge in [-0.1, -0.05) is 43.5 Å². The smallest absolute Gasteiger partial charge is 0.0872 e. The third-order valence-electron chi connectivity index (χ3n) is 3.99. The van der Waals surface area contributed by atoms with E-state index in [2.05, 4.69) is 24.4 Å². The van der Waals surface area contributed by atoms with Crippen molar-refractivity contribution in [1.29, 1.82) is 0 Å². The third kappa shape index (κ3) is 2.71. The zero-order chi connectivity index (χ0) is 13.0. The summed E-state index contributed by atoms with van der Waals surface area (Å²) in [7, 11) is 1.84. The van der Waals surface area contributed by atoms with Gasteiger partial charge in [0.05, 0.1) is 11.6 Å². The maximum absolute atomic E-state index is 5.97. The van der Waals surface area contributed by atoms with Crippen molar-refractivity contribution in [3.05, 3.63) is 34.9 Å². The fourth-order valence-corrected chi connectivity index (χ4v) is 3.18. The Morgan fingerprint density at radius 3 is 2.39 bits per heavy atom. The second kappa shape index (κ2) is 6.05. The highest BCUT2D eigenvalue weighted by atomic mass is 35.5. The van der Waals surface area contributed by atoms with Crippen LogP contribution >= 0.6 is 11.6 Å². The van der Waals surface area contributed by atoms with E-state index in [0.717, 1.165) is 24.4 Å². The Labute approximate surface area is 115 Å². The number of likely N-dealkylation sites (N-methyl/N-ethyl adjacent to an activating group) is 1. The molecule has 3 heteroatoms. The molecular weight excluding hydrogens is 246 g/mol. The van der Waals surface area contributed by atoms with Crippen molar-refractivity contribution in [2.24, 2.45) is 0 Å². The van der Waals surface area contributed by atoms with Gasteiger partial charge in [-0.2, -0.15) is 0 Å². The lowest BCUT2D eigenvalue weighted by molar-refractivity contribution is -0.0364. The molecule has 0 aliphatic heterocycles. The van der Waals surface area contributed by atoms with Crippen molar-refractivity contribution in [1.82, 2.24) is 5.32 Å². The first-order valence-corrected chi connectivity index (χ1v) is 7.13. The van der Waals surface area contributed by atoms with Gasteiger partial charge in [-0.05, 0) is 37.1 Å². The summed E-state index contributed by atoms with van der Waals surface area (Å²) in [6, 6.07) is 8.38. The molecule has 1 saturated carbocycles. The van der Waals surface area contributed by atoms with E-state index in [9.17, 15) is 0 Å². The molecule has 0 amide bonds. The number of rotatable bonds is 5. The first-order chi connectivity index (χ1) is 8.72. The molecule has 1 fully saturated rings. The zero-order valence-electron chi connectivity index (χ0n) is 11.2. The lowest BCUT2D eigenvalue weighted by Crippen LogP contribution is -2.43. The Morgan fingerprint density at radius 1 is 1.28 bits per heavy atom. The molecule has 1 aliphatic rings. The maximum atomic E-state index is 5.97. The molecule has 0 aromatic heterocycles. The molecule has 1 aromatic rings. The molecule has 0 spiro atoms. The summed E-state index contributed by atoms with van der Waals surface area (Å²) in [5.41, 5.74) is 1.22. The normalized spacial score (nSPS) is 19.9. The monoisotopic (exact) mass is 267 g/mol. The summed E-state index contributed by atoms with van der Waals surface area (Å²) in [6.45, 7) is 3.08. The molecule has 1 aromatic carbocycles. The van der Waals surface area contributed by atoms with Gasteiger partial charge in [0.2, 0.25) is 0 Å². The van der Waals surface area contributed by atoms with E-state index >= 15 is 0 Å². The van der Waals surface area contributed by atoms with Crippen LogP contribution in [0.25, 0.3) is 0 Å². The molecule has 1 unspecified atom stereocenters. The molecule has 100 valence electrons. The second-order valence-electron chi connectivity index (χ2n) is 5.02. The van der Waals surface area contributed by atoms with Gasteiger partial charge in [-0.25, -0.2) is 0 Å². The highest BCUT2D eigenvalue weighted by molar-refractivity contribution is 6.30. The van der Waals surface area contributed by atoms with E-state index < -0.39 is 0 Å². The van der Waals surface area contributed by atoms with Crippen LogP contribution in [0.2, 0.25) is 5.02 Å². The fraction of sp³-hybridized carbons (Fsp3) is 0.600. The van der Waals surface area contributed by atoms with Crippen molar-refractivity contribution >= 4 is 11.6 Å². The summed E-state index contributed by atoms with van der Waals surface area (Å²) in [5, 5.41) is 4.37. The van der Waals surface area contributed by atoms with Crippen LogP contribution in [0.15, 0.2) is 24.3 Å². The van der Waals surface area contributed by atoms with E-state index in [-0.39, 0.29) is 11.6 Å². The summed E-state index contributed by atoms with van der Waals surface area (Å²) >= 11 is 5.97. The van der Waals surface area contributed by atoms with Gasteiger partial charge in [0.1, 0.15) is 0 Å². The molecule has 0 heterocycles. The first kappa shape index (κ1) is 13.9. The summed E-state index contributed by atoms with van der Waals surface area (Å²) in [4.78, 5) is 0. The topological polar surface area (TPSA) is 21.3 Å². The van der Waals surface area contributed by atoms with Gasteiger partial charge < -0.3 is 10.1 Å². The van der Waals surface area contributed by atoms with Crippen LogP contribution in [0.3, 0.4) is 0 Å². The highest BCUT2D eigenvalue weighted by Gasteiger charge is 2.41. The first-order valence-electron chi connectivity index (χ1n) is 6.76. The SMILES string of the molecule is CCNC(c1ccc(Cl)cc1)C1(OC)CCCC1. The van der Waals surface area contributed by atoms with E-state index in [4.69, 9.17) is 16.3 Å². The molecule has 0 bridgehead atoms. The number of methoxy groups -OCH3 is 1. The molecule has 0 saturated heterocycles. The number of halogens is 1. The number of benzene rings is 1. The maximum Gasteiger partial charge on any atom is 0.0872 e. The summed E-state index contributed by atoms with van der Waals surface area (Å²) in [5.74, 6) is 0. The predicted octanol–water partition coefficient (Wildman–Crippen LogP) is 3.95. The quantitative estimate of drug-likeness (QED) is 0.872. The molecule has 1 N–H and O–H groups in total. The lowest BCUT2D eigenvalue weighted by Gasteiger charge is -2.37. The van der Waals surface area contributed by atoms with Gasteiger partial charge in [-0.3, -0.25) is 0 Å². The fourth-order valence-electron chi connectivity index (χ4n) is 3.05. The van der Waals surface area contributed by atoms with Crippen LogP contribution < -0.4 is 5.32 Å². The minimum absolute atomic E-state index is 0.0517. The van der Waals surface area contributed by atoms with Crippen LogP contribution in [0, 0.1) is 0 Å². The van der Waals surface area contributed by atoms with Crippen molar-refractivity contribution in [3.8, 4) is 0 Å². The number of hydrogen-bond acceptors (Lipinski definition) is 2. The largest absolute Gasteiger partial charge is 0.376 e. The van der Waals surface area contributed by atoms with Crippen molar-refractivity contribution in [2.75, 3.05) is 13.7 Å². The number of nitrogens with one attached hydrogen (secondary N) is 1. The lowest BCUT2D eigenvalue weighted by atomic mass is 9.86. The van der Waals surface area contributed by atoms with Gasteiger partial charge in [-0.15, -0.1) is 0 Å². The Kier molecular flexibility index (Phi) is 4.66. The van der Waals surface area contributed by atoms with Crippen LogP contribution in [0.1, 0.15) is 44.2 Å². The van der Waals surface area contributed by atoms with Gasteiger partial charge in [0.25, 0.3) is 0 Å². The van der Waals surface area contributed by atoms with Gasteiger partial charge >= 0.3 is 0 Å². The van der Waals surface area contributed by atoms with Crippen molar-refractivity contribution in [2.45, 2.75) is 44.2 Å². The summed E-state index contributed by atoms with van der Waals surface area (Å²) in [6.07, 6.45) is 4.76. The van der Waals surface area contributed by atoms with E-state index in [1.807, 2.05) is 19.2 Å². The third-order valence-corrected chi connectivity index (χ3v) is 4.25. The zero-order valence-corrected chi connectivity index (χ0v) is 12.0. The van der Waals surface area contributed by atoms with Crippen LogP contribution in [0.5, 0.6) is 0 Å². The van der Waals surface area contributed by atoms with Gasteiger partial charge in [0.15, 0.2) is 0 Å². The summed E-state index contributed by atoms with van der Waals surface area (Å²) < 4.78 is 5.90.